The number of anilines is 1. The molecule has 2 aliphatic rings. The van der Waals surface area contributed by atoms with Crippen LogP contribution in [0.5, 0.6) is 0 Å². The Kier molecular flexibility index (Phi) is 5.31. The zero-order valence-electron chi connectivity index (χ0n) is 15.3. The zero-order valence-corrected chi connectivity index (χ0v) is 16.1. The molecule has 1 aromatic rings. The highest BCUT2D eigenvalue weighted by Gasteiger charge is 2.46. The first-order valence-corrected chi connectivity index (χ1v) is 10.6. The van der Waals surface area contributed by atoms with Gasteiger partial charge < -0.3 is 9.64 Å². The average molecular weight is 369 g/mol. The van der Waals surface area contributed by atoms with Gasteiger partial charge in [0.15, 0.2) is 0 Å². The van der Waals surface area contributed by atoms with Crippen molar-refractivity contribution < 1.29 is 13.2 Å². The Morgan fingerprint density at radius 1 is 1.24 bits per heavy atom. The fourth-order valence-electron chi connectivity index (χ4n) is 3.52. The van der Waals surface area contributed by atoms with Crippen LogP contribution in [-0.4, -0.2) is 66.3 Å². The highest BCUT2D eigenvalue weighted by molar-refractivity contribution is 7.89. The summed E-state index contributed by atoms with van der Waals surface area (Å²) in [6, 6.07) is 0. The highest BCUT2D eigenvalue weighted by Crippen LogP contribution is 2.32. The van der Waals surface area contributed by atoms with Gasteiger partial charge in [-0.25, -0.2) is 18.4 Å². The van der Waals surface area contributed by atoms with E-state index in [9.17, 15) is 8.42 Å². The molecule has 1 atom stereocenters. The van der Waals surface area contributed by atoms with Crippen molar-refractivity contribution in [3.05, 3.63) is 18.0 Å². The molecule has 8 heteroatoms. The van der Waals surface area contributed by atoms with Gasteiger partial charge >= 0.3 is 0 Å². The number of morpholine rings is 1. The number of nitrogens with zero attached hydrogens (tertiary/aromatic N) is 4. The summed E-state index contributed by atoms with van der Waals surface area (Å²) in [7, 11) is -3.25. The zero-order chi connectivity index (χ0) is 18.1. The number of hydrogen-bond acceptors (Lipinski definition) is 6. The first-order valence-electron chi connectivity index (χ1n) is 9.05. The second-order valence-electron chi connectivity index (χ2n) is 7.27. The summed E-state index contributed by atoms with van der Waals surface area (Å²) in [6.45, 7) is 8.29. The van der Waals surface area contributed by atoms with Crippen LogP contribution in [0.4, 0.5) is 5.95 Å². The van der Waals surface area contributed by atoms with E-state index in [0.29, 0.717) is 32.2 Å². The summed E-state index contributed by atoms with van der Waals surface area (Å²) < 4.78 is 32.7. The lowest BCUT2D eigenvalue weighted by Crippen LogP contribution is -2.56. The largest absolute Gasteiger partial charge is 0.370 e. The summed E-state index contributed by atoms with van der Waals surface area (Å²) in [5.41, 5.74) is 0.689. The average Bonchev–Trinajstić information content (AvgIpc) is 2.99. The molecule has 1 aromatic heterocycles. The summed E-state index contributed by atoms with van der Waals surface area (Å²) in [5, 5.41) is -0.408. The van der Waals surface area contributed by atoms with Crippen molar-refractivity contribution in [2.75, 3.05) is 37.7 Å². The number of rotatable bonds is 5. The van der Waals surface area contributed by atoms with Gasteiger partial charge in [-0.05, 0) is 32.3 Å². The number of aromatic nitrogens is 2. The molecule has 7 nitrogen and oxygen atoms in total. The minimum atomic E-state index is -3.25. The van der Waals surface area contributed by atoms with Crippen LogP contribution in [0.2, 0.25) is 0 Å². The van der Waals surface area contributed by atoms with Crippen molar-refractivity contribution in [3.63, 3.8) is 0 Å². The van der Waals surface area contributed by atoms with E-state index in [1.165, 1.54) is 0 Å². The minimum absolute atomic E-state index is 0.408. The molecule has 1 unspecified atom stereocenters. The Morgan fingerprint density at radius 3 is 2.60 bits per heavy atom. The number of hydrogen-bond donors (Lipinski definition) is 0. The molecular weight excluding hydrogens is 340 g/mol. The Bertz CT molecular complexity index is 692. The third-order valence-electron chi connectivity index (χ3n) is 5.00. The van der Waals surface area contributed by atoms with Gasteiger partial charge in [-0.15, -0.1) is 0 Å². The first kappa shape index (κ1) is 18.5. The molecule has 3 heterocycles. The Morgan fingerprint density at radius 2 is 1.96 bits per heavy atom. The maximum atomic E-state index is 12.5. The van der Waals surface area contributed by atoms with Gasteiger partial charge in [0.2, 0.25) is 16.0 Å². The number of sulfonamides is 1. The monoisotopic (exact) mass is 368 g/mol. The summed E-state index contributed by atoms with van der Waals surface area (Å²) in [6.07, 6.45) is 6.61. The smallest absolute Gasteiger partial charge is 0.225 e. The third-order valence-corrected chi connectivity index (χ3v) is 7.22. The Hall–Kier alpha value is -1.25. The molecule has 25 heavy (non-hydrogen) atoms. The predicted octanol–water partition coefficient (Wildman–Crippen LogP) is 1.45. The first-order chi connectivity index (χ1) is 11.9. The predicted molar refractivity (Wildman–Crippen MR) is 97.2 cm³/mol. The van der Waals surface area contributed by atoms with Crippen LogP contribution in [0.1, 0.15) is 39.2 Å². The van der Waals surface area contributed by atoms with Gasteiger partial charge in [-0.3, -0.25) is 0 Å². The van der Waals surface area contributed by atoms with Gasteiger partial charge in [0, 0.05) is 32.0 Å². The maximum absolute atomic E-state index is 12.5. The molecule has 0 aliphatic carbocycles. The Balaban J connectivity index is 1.70. The van der Waals surface area contributed by atoms with Crippen LogP contribution < -0.4 is 4.90 Å². The van der Waals surface area contributed by atoms with E-state index in [1.54, 1.807) is 18.2 Å². The number of ether oxygens (including phenoxy) is 1. The quantitative estimate of drug-likeness (QED) is 0.783. The second kappa shape index (κ2) is 7.17. The minimum Gasteiger partial charge on any atom is -0.370 e. The van der Waals surface area contributed by atoms with E-state index < -0.39 is 20.9 Å². The van der Waals surface area contributed by atoms with Gasteiger partial charge in [-0.1, -0.05) is 13.3 Å². The molecule has 2 fully saturated rings. The molecule has 140 valence electrons. The fraction of sp³-hybridized carbons (Fsp3) is 0.765. The normalized spacial score (nSPS) is 25.2. The molecule has 2 aliphatic heterocycles. The standard InChI is InChI=1S/C17H28N4O3S/c1-4-5-15-10-18-16(19-11-15)20-7-6-17(12-20)13-21(8-9-24-17)25(22,23)14(2)3/h10-11,14H,4-9,12-13H2,1-3H3. The molecule has 3 rings (SSSR count). The molecule has 2 saturated heterocycles. The highest BCUT2D eigenvalue weighted by atomic mass is 32.2. The van der Waals surface area contributed by atoms with Crippen LogP contribution >= 0.6 is 0 Å². The maximum Gasteiger partial charge on any atom is 0.225 e. The fourth-order valence-corrected chi connectivity index (χ4v) is 4.86. The van der Waals surface area contributed by atoms with Gasteiger partial charge in [0.25, 0.3) is 0 Å². The number of aryl methyl sites for hydroxylation is 1. The summed E-state index contributed by atoms with van der Waals surface area (Å²) in [4.78, 5) is 11.1. The van der Waals surface area contributed by atoms with Gasteiger partial charge in [0.05, 0.1) is 18.4 Å². The SMILES string of the molecule is CCCc1cnc(N2CCC3(C2)CN(S(=O)(=O)C(C)C)CCO3)nc1. The third kappa shape index (κ3) is 3.80. The van der Waals surface area contributed by atoms with Crippen LogP contribution in [0.15, 0.2) is 12.4 Å². The molecule has 0 N–H and O–H groups in total. The van der Waals surface area contributed by atoms with Gasteiger partial charge in [-0.2, -0.15) is 4.31 Å². The Labute approximate surface area is 150 Å². The molecule has 0 amide bonds. The lowest BCUT2D eigenvalue weighted by molar-refractivity contribution is -0.0744. The molecule has 1 spiro atoms. The van der Waals surface area contributed by atoms with Crippen molar-refractivity contribution in [2.45, 2.75) is 50.9 Å². The van der Waals surface area contributed by atoms with Crippen molar-refractivity contribution in [1.29, 1.82) is 0 Å². The van der Waals surface area contributed by atoms with Crippen LogP contribution in [0, 0.1) is 0 Å². The van der Waals surface area contributed by atoms with Crippen LogP contribution in [0.25, 0.3) is 0 Å². The summed E-state index contributed by atoms with van der Waals surface area (Å²) >= 11 is 0. The molecule has 0 saturated carbocycles. The lowest BCUT2D eigenvalue weighted by atomic mass is 10.0. The topological polar surface area (TPSA) is 75.6 Å². The molecule has 0 aromatic carbocycles. The van der Waals surface area contributed by atoms with Gasteiger partial charge in [0.1, 0.15) is 5.60 Å². The van der Waals surface area contributed by atoms with E-state index in [2.05, 4.69) is 21.8 Å². The van der Waals surface area contributed by atoms with E-state index in [4.69, 9.17) is 4.74 Å². The van der Waals surface area contributed by atoms with Crippen molar-refractivity contribution >= 4 is 16.0 Å². The van der Waals surface area contributed by atoms with Crippen LogP contribution in [-0.2, 0) is 21.2 Å². The van der Waals surface area contributed by atoms with Crippen molar-refractivity contribution in [1.82, 2.24) is 14.3 Å². The molecule has 0 radical (unpaired) electrons. The van der Waals surface area contributed by atoms with E-state index in [-0.39, 0.29) is 0 Å². The molecule has 0 bridgehead atoms. The van der Waals surface area contributed by atoms with E-state index in [1.807, 2.05) is 12.4 Å². The molecular formula is C17H28N4O3S. The van der Waals surface area contributed by atoms with Crippen molar-refractivity contribution in [2.24, 2.45) is 0 Å². The summed E-state index contributed by atoms with van der Waals surface area (Å²) in [5.74, 6) is 0.698. The van der Waals surface area contributed by atoms with Crippen molar-refractivity contribution in [3.8, 4) is 0 Å². The van der Waals surface area contributed by atoms with E-state index >= 15 is 0 Å². The second-order valence-corrected chi connectivity index (χ2v) is 9.76. The van der Waals surface area contributed by atoms with Crippen LogP contribution in [0.3, 0.4) is 0 Å². The lowest BCUT2D eigenvalue weighted by Gasteiger charge is -2.40. The van der Waals surface area contributed by atoms with E-state index in [0.717, 1.165) is 31.4 Å².